The average molecular weight is 284 g/mol. The molecule has 0 N–H and O–H groups in total. The van der Waals surface area contributed by atoms with Gasteiger partial charge in [0.15, 0.2) is 0 Å². The van der Waals surface area contributed by atoms with Crippen molar-refractivity contribution in [1.29, 1.82) is 0 Å². The zero-order chi connectivity index (χ0) is 11.5. The summed E-state index contributed by atoms with van der Waals surface area (Å²) < 4.78 is 5.93. The molecular weight excluding hydrogens is 274 g/mol. The van der Waals surface area contributed by atoms with E-state index in [1.165, 1.54) is 6.26 Å². The maximum Gasteiger partial charge on any atom is 0.359 e. The molecule has 1 aliphatic heterocycles. The zero-order valence-electron chi connectivity index (χ0n) is 8.38. The van der Waals surface area contributed by atoms with Crippen LogP contribution in [0.5, 0.6) is 0 Å². The Morgan fingerprint density at radius 3 is 2.69 bits per heavy atom. The Morgan fingerprint density at radius 2 is 2.06 bits per heavy atom. The number of nitro groups is 1. The van der Waals surface area contributed by atoms with E-state index in [4.69, 9.17) is 4.74 Å². The van der Waals surface area contributed by atoms with Gasteiger partial charge in [0.25, 0.3) is 0 Å². The number of hydrogen-bond acceptors (Lipinski definition) is 3. The van der Waals surface area contributed by atoms with E-state index in [2.05, 4.69) is 15.9 Å². The maximum atomic E-state index is 10.7. The Bertz CT molecular complexity index is 416. The SMILES string of the molecule is O=[N+]([O-])[C@@H]1OC=C[C@H]1Cc1ccc(Br)cc1. The molecule has 0 spiro atoms. The Balaban J connectivity index is 2.06. The molecule has 0 aromatic heterocycles. The lowest BCUT2D eigenvalue weighted by Crippen LogP contribution is -2.27. The normalized spacial score (nSPS) is 23.1. The van der Waals surface area contributed by atoms with Crippen molar-refractivity contribution in [2.75, 3.05) is 0 Å². The van der Waals surface area contributed by atoms with Gasteiger partial charge < -0.3 is 4.74 Å². The maximum absolute atomic E-state index is 10.7. The van der Waals surface area contributed by atoms with E-state index < -0.39 is 6.23 Å². The predicted molar refractivity (Wildman–Crippen MR) is 62.3 cm³/mol. The molecule has 84 valence electrons. The van der Waals surface area contributed by atoms with Crippen molar-refractivity contribution in [3.05, 3.63) is 56.8 Å². The Hall–Kier alpha value is -1.36. The van der Waals surface area contributed by atoms with Crippen molar-refractivity contribution in [1.82, 2.24) is 0 Å². The highest BCUT2D eigenvalue weighted by molar-refractivity contribution is 9.10. The van der Waals surface area contributed by atoms with E-state index in [0.29, 0.717) is 6.42 Å². The number of halogens is 1. The first-order valence-corrected chi connectivity index (χ1v) is 5.66. The number of rotatable bonds is 3. The third-order valence-corrected chi connectivity index (χ3v) is 3.03. The van der Waals surface area contributed by atoms with Crippen molar-refractivity contribution in [2.45, 2.75) is 12.6 Å². The van der Waals surface area contributed by atoms with Gasteiger partial charge in [0.2, 0.25) is 0 Å². The summed E-state index contributed by atoms with van der Waals surface area (Å²) in [6.07, 6.45) is 2.84. The summed E-state index contributed by atoms with van der Waals surface area (Å²) in [5, 5.41) is 10.7. The van der Waals surface area contributed by atoms with Crippen LogP contribution in [0.4, 0.5) is 0 Å². The van der Waals surface area contributed by atoms with Crippen LogP contribution in [-0.2, 0) is 11.2 Å². The van der Waals surface area contributed by atoms with Crippen LogP contribution in [0.2, 0.25) is 0 Å². The summed E-state index contributed by atoms with van der Waals surface area (Å²) in [6, 6.07) is 7.76. The second kappa shape index (κ2) is 4.65. The number of benzene rings is 1. The van der Waals surface area contributed by atoms with Gasteiger partial charge in [-0.3, -0.25) is 10.1 Å². The van der Waals surface area contributed by atoms with Gasteiger partial charge in [0, 0.05) is 4.47 Å². The molecule has 4 nitrogen and oxygen atoms in total. The molecule has 0 unspecified atom stereocenters. The van der Waals surface area contributed by atoms with Crippen LogP contribution in [0.25, 0.3) is 0 Å². The molecule has 0 amide bonds. The van der Waals surface area contributed by atoms with E-state index in [9.17, 15) is 10.1 Å². The quantitative estimate of drug-likeness (QED) is 0.633. The van der Waals surface area contributed by atoms with Crippen molar-refractivity contribution < 1.29 is 9.66 Å². The first-order valence-electron chi connectivity index (χ1n) is 4.87. The molecule has 5 heteroatoms. The summed E-state index contributed by atoms with van der Waals surface area (Å²) in [4.78, 5) is 10.3. The number of nitrogens with zero attached hydrogens (tertiary/aromatic N) is 1. The predicted octanol–water partition coefficient (Wildman–Crippen LogP) is 2.75. The first kappa shape index (κ1) is 11.1. The van der Waals surface area contributed by atoms with Crippen molar-refractivity contribution in [2.24, 2.45) is 5.92 Å². The second-order valence-corrected chi connectivity index (χ2v) is 4.55. The van der Waals surface area contributed by atoms with Crippen LogP contribution in [-0.4, -0.2) is 11.2 Å². The van der Waals surface area contributed by atoms with Gasteiger partial charge in [0.05, 0.1) is 17.1 Å². The largest absolute Gasteiger partial charge is 0.438 e. The molecule has 16 heavy (non-hydrogen) atoms. The van der Waals surface area contributed by atoms with Gasteiger partial charge in [-0.05, 0) is 30.2 Å². The molecule has 1 aromatic rings. The minimum Gasteiger partial charge on any atom is -0.438 e. The fraction of sp³-hybridized carbons (Fsp3) is 0.273. The molecular formula is C11H10BrNO3. The van der Waals surface area contributed by atoms with Crippen LogP contribution >= 0.6 is 15.9 Å². The first-order chi connectivity index (χ1) is 7.66. The van der Waals surface area contributed by atoms with E-state index in [1.807, 2.05) is 24.3 Å². The molecule has 0 saturated heterocycles. The van der Waals surface area contributed by atoms with Gasteiger partial charge in [-0.2, -0.15) is 0 Å². The third-order valence-electron chi connectivity index (χ3n) is 2.50. The lowest BCUT2D eigenvalue weighted by Gasteiger charge is -2.11. The molecule has 0 radical (unpaired) electrons. The molecule has 0 aliphatic carbocycles. The van der Waals surface area contributed by atoms with Gasteiger partial charge in [0.1, 0.15) is 0 Å². The monoisotopic (exact) mass is 283 g/mol. The highest BCUT2D eigenvalue weighted by Crippen LogP contribution is 2.23. The minimum atomic E-state index is -0.941. The summed E-state index contributed by atoms with van der Waals surface area (Å²) in [7, 11) is 0. The van der Waals surface area contributed by atoms with Crippen molar-refractivity contribution in [3.8, 4) is 0 Å². The smallest absolute Gasteiger partial charge is 0.359 e. The topological polar surface area (TPSA) is 52.4 Å². The summed E-state index contributed by atoms with van der Waals surface area (Å²) in [5.41, 5.74) is 1.07. The number of hydrogen-bond donors (Lipinski definition) is 0. The molecule has 2 atom stereocenters. The second-order valence-electron chi connectivity index (χ2n) is 3.63. The lowest BCUT2D eigenvalue weighted by molar-refractivity contribution is -0.573. The average Bonchev–Trinajstić information content (AvgIpc) is 2.69. The number of ether oxygens (including phenoxy) is 1. The standard InChI is InChI=1S/C11H10BrNO3/c12-10-3-1-8(2-4-10)7-9-5-6-16-11(9)13(14)15/h1-6,9,11H,7H2/t9-,11+/m0/s1. The van der Waals surface area contributed by atoms with Crippen LogP contribution in [0, 0.1) is 16.0 Å². The van der Waals surface area contributed by atoms with Crippen LogP contribution < -0.4 is 0 Å². The molecule has 2 rings (SSSR count). The summed E-state index contributed by atoms with van der Waals surface area (Å²) in [6.45, 7) is 0. The molecule has 1 heterocycles. The third kappa shape index (κ3) is 2.41. The lowest BCUT2D eigenvalue weighted by atomic mass is 9.99. The molecule has 1 aliphatic rings. The fourth-order valence-electron chi connectivity index (χ4n) is 1.69. The zero-order valence-corrected chi connectivity index (χ0v) is 9.96. The minimum absolute atomic E-state index is 0.184. The van der Waals surface area contributed by atoms with Gasteiger partial charge in [-0.15, -0.1) is 0 Å². The van der Waals surface area contributed by atoms with Crippen molar-refractivity contribution >= 4 is 15.9 Å². The van der Waals surface area contributed by atoms with Gasteiger partial charge >= 0.3 is 6.23 Å². The van der Waals surface area contributed by atoms with Crippen LogP contribution in [0.1, 0.15) is 5.56 Å². The van der Waals surface area contributed by atoms with E-state index in [0.717, 1.165) is 10.0 Å². The Kier molecular flexibility index (Phi) is 3.24. The fourth-order valence-corrected chi connectivity index (χ4v) is 1.95. The van der Waals surface area contributed by atoms with Crippen molar-refractivity contribution in [3.63, 3.8) is 0 Å². The molecule has 0 bridgehead atoms. The van der Waals surface area contributed by atoms with Crippen LogP contribution in [0.15, 0.2) is 41.1 Å². The van der Waals surface area contributed by atoms with Gasteiger partial charge in [-0.25, -0.2) is 0 Å². The molecule has 0 saturated carbocycles. The highest BCUT2D eigenvalue weighted by Gasteiger charge is 2.34. The Morgan fingerprint density at radius 1 is 1.38 bits per heavy atom. The van der Waals surface area contributed by atoms with E-state index in [1.54, 1.807) is 6.08 Å². The summed E-state index contributed by atoms with van der Waals surface area (Å²) in [5.74, 6) is -0.184. The Labute approximate surface area is 101 Å². The van der Waals surface area contributed by atoms with E-state index in [-0.39, 0.29) is 10.8 Å². The van der Waals surface area contributed by atoms with Crippen LogP contribution in [0.3, 0.4) is 0 Å². The van der Waals surface area contributed by atoms with E-state index >= 15 is 0 Å². The molecule has 0 fully saturated rings. The summed E-state index contributed by atoms with van der Waals surface area (Å²) >= 11 is 3.35. The molecule has 1 aromatic carbocycles. The van der Waals surface area contributed by atoms with Gasteiger partial charge in [-0.1, -0.05) is 28.1 Å². The highest BCUT2D eigenvalue weighted by atomic mass is 79.9.